The standard InChI is InChI=1S/C12H19N3OS2/c1-8-3-2-4-10(5-8)17-6-9-7-18-12(14-9)11(16)15-13/h7-8,10H,2-6,13H2,1H3,(H,15,16). The van der Waals surface area contributed by atoms with Gasteiger partial charge < -0.3 is 0 Å². The fraction of sp³-hybridized carbons (Fsp3) is 0.667. The second-order valence-corrected chi connectivity index (χ2v) is 6.97. The van der Waals surface area contributed by atoms with Crippen molar-refractivity contribution in [1.29, 1.82) is 0 Å². The number of nitrogens with two attached hydrogens (primary N) is 1. The average Bonchev–Trinajstić information content (AvgIpc) is 2.84. The Morgan fingerprint density at radius 2 is 2.50 bits per heavy atom. The fourth-order valence-electron chi connectivity index (χ4n) is 2.27. The molecular weight excluding hydrogens is 266 g/mol. The third kappa shape index (κ3) is 3.70. The molecule has 100 valence electrons. The van der Waals surface area contributed by atoms with Gasteiger partial charge in [-0.2, -0.15) is 11.8 Å². The zero-order valence-electron chi connectivity index (χ0n) is 10.5. The molecule has 2 rings (SSSR count). The number of nitrogens with one attached hydrogen (secondary N) is 1. The maximum atomic E-state index is 11.3. The molecule has 1 aromatic rings. The largest absolute Gasteiger partial charge is 0.294 e. The lowest BCUT2D eigenvalue weighted by Gasteiger charge is -2.25. The Bertz CT molecular complexity index is 408. The van der Waals surface area contributed by atoms with Crippen LogP contribution in [0, 0.1) is 5.92 Å². The van der Waals surface area contributed by atoms with Gasteiger partial charge in [-0.1, -0.05) is 19.8 Å². The molecule has 2 atom stereocenters. The number of aromatic nitrogens is 1. The van der Waals surface area contributed by atoms with E-state index >= 15 is 0 Å². The molecule has 0 bridgehead atoms. The summed E-state index contributed by atoms with van der Waals surface area (Å²) >= 11 is 3.32. The van der Waals surface area contributed by atoms with E-state index in [1.54, 1.807) is 0 Å². The number of rotatable bonds is 4. The van der Waals surface area contributed by atoms with Gasteiger partial charge in [-0.3, -0.25) is 10.2 Å². The van der Waals surface area contributed by atoms with Gasteiger partial charge in [0, 0.05) is 16.4 Å². The van der Waals surface area contributed by atoms with Gasteiger partial charge in [0.15, 0.2) is 5.01 Å². The Balaban J connectivity index is 1.82. The minimum absolute atomic E-state index is 0.303. The minimum atomic E-state index is -0.303. The van der Waals surface area contributed by atoms with Gasteiger partial charge in [-0.15, -0.1) is 11.3 Å². The molecule has 6 heteroatoms. The first-order valence-electron chi connectivity index (χ1n) is 6.26. The normalized spacial score (nSPS) is 23.9. The number of carbonyl (C=O) groups is 1. The highest BCUT2D eigenvalue weighted by Crippen LogP contribution is 2.33. The second kappa shape index (κ2) is 6.54. The van der Waals surface area contributed by atoms with Gasteiger partial charge in [0.25, 0.3) is 5.91 Å². The highest BCUT2D eigenvalue weighted by atomic mass is 32.2. The van der Waals surface area contributed by atoms with Crippen molar-refractivity contribution in [2.45, 2.75) is 43.6 Å². The molecule has 0 aromatic carbocycles. The quantitative estimate of drug-likeness (QED) is 0.507. The summed E-state index contributed by atoms with van der Waals surface area (Å²) in [6, 6.07) is 0. The van der Waals surface area contributed by atoms with E-state index < -0.39 is 0 Å². The molecular formula is C12H19N3OS2. The van der Waals surface area contributed by atoms with Crippen LogP contribution in [-0.2, 0) is 5.75 Å². The lowest BCUT2D eigenvalue weighted by atomic mass is 9.91. The van der Waals surface area contributed by atoms with Crippen molar-refractivity contribution in [3.05, 3.63) is 16.1 Å². The fourth-order valence-corrected chi connectivity index (χ4v) is 4.45. The molecule has 0 aliphatic heterocycles. The van der Waals surface area contributed by atoms with E-state index in [0.29, 0.717) is 5.01 Å². The molecule has 18 heavy (non-hydrogen) atoms. The maximum Gasteiger partial charge on any atom is 0.294 e. The molecule has 2 unspecified atom stereocenters. The van der Waals surface area contributed by atoms with Crippen LogP contribution in [0.5, 0.6) is 0 Å². The first-order valence-corrected chi connectivity index (χ1v) is 8.19. The predicted molar refractivity (Wildman–Crippen MR) is 76.5 cm³/mol. The van der Waals surface area contributed by atoms with E-state index in [1.165, 1.54) is 37.0 Å². The SMILES string of the molecule is CC1CCCC(SCc2csc(C(=O)NN)n2)C1. The van der Waals surface area contributed by atoms with Crippen molar-refractivity contribution in [2.75, 3.05) is 0 Å². The van der Waals surface area contributed by atoms with Gasteiger partial charge >= 0.3 is 0 Å². The summed E-state index contributed by atoms with van der Waals surface area (Å²) in [7, 11) is 0. The van der Waals surface area contributed by atoms with Crippen LogP contribution in [0.25, 0.3) is 0 Å². The Morgan fingerprint density at radius 1 is 1.67 bits per heavy atom. The number of hydrogen-bond acceptors (Lipinski definition) is 5. The van der Waals surface area contributed by atoms with Gasteiger partial charge in [-0.05, 0) is 18.8 Å². The van der Waals surface area contributed by atoms with Gasteiger partial charge in [0.1, 0.15) is 0 Å². The van der Waals surface area contributed by atoms with Crippen LogP contribution in [0.1, 0.15) is 48.1 Å². The van der Waals surface area contributed by atoms with Gasteiger partial charge in [0.05, 0.1) is 5.69 Å². The summed E-state index contributed by atoms with van der Waals surface area (Å²) in [6.45, 7) is 2.33. The third-order valence-corrected chi connectivity index (χ3v) is 5.48. The third-order valence-electron chi connectivity index (χ3n) is 3.23. The molecule has 0 saturated heterocycles. The van der Waals surface area contributed by atoms with E-state index in [1.807, 2.05) is 17.1 Å². The van der Waals surface area contributed by atoms with E-state index in [9.17, 15) is 4.79 Å². The Morgan fingerprint density at radius 3 is 3.22 bits per heavy atom. The second-order valence-electron chi connectivity index (χ2n) is 4.82. The number of hydrogen-bond donors (Lipinski definition) is 2. The summed E-state index contributed by atoms with van der Waals surface area (Å²) < 4.78 is 0. The number of thioether (sulfide) groups is 1. The lowest BCUT2D eigenvalue weighted by Crippen LogP contribution is -2.29. The van der Waals surface area contributed by atoms with Crippen LogP contribution < -0.4 is 11.3 Å². The molecule has 4 nitrogen and oxygen atoms in total. The number of nitrogen functional groups attached to an aromatic ring is 1. The maximum absolute atomic E-state index is 11.3. The minimum Gasteiger partial charge on any atom is -0.288 e. The topological polar surface area (TPSA) is 68.0 Å². The average molecular weight is 285 g/mol. The van der Waals surface area contributed by atoms with Crippen molar-refractivity contribution >= 4 is 29.0 Å². The van der Waals surface area contributed by atoms with Crippen LogP contribution in [0.3, 0.4) is 0 Å². The molecule has 1 aliphatic carbocycles. The van der Waals surface area contributed by atoms with Crippen LogP contribution in [-0.4, -0.2) is 16.1 Å². The molecule has 1 fully saturated rings. The van der Waals surface area contributed by atoms with Crippen LogP contribution in [0.2, 0.25) is 0 Å². The first-order chi connectivity index (χ1) is 8.69. The summed E-state index contributed by atoms with van der Waals surface area (Å²) in [6.07, 6.45) is 5.34. The Hall–Kier alpha value is -0.590. The zero-order chi connectivity index (χ0) is 13.0. The lowest BCUT2D eigenvalue weighted by molar-refractivity contribution is 0.0953. The van der Waals surface area contributed by atoms with Crippen LogP contribution in [0.15, 0.2) is 5.38 Å². The number of hydrazine groups is 1. The van der Waals surface area contributed by atoms with E-state index in [2.05, 4.69) is 17.3 Å². The highest BCUT2D eigenvalue weighted by molar-refractivity contribution is 7.99. The Kier molecular flexibility index (Phi) is 5.03. The molecule has 1 aliphatic rings. The molecule has 1 amide bonds. The molecule has 0 radical (unpaired) electrons. The van der Waals surface area contributed by atoms with Crippen molar-refractivity contribution in [3.8, 4) is 0 Å². The summed E-state index contributed by atoms with van der Waals surface area (Å²) in [4.78, 5) is 15.6. The molecule has 3 N–H and O–H groups in total. The Labute approximate surface area is 116 Å². The number of nitrogens with zero attached hydrogens (tertiary/aromatic N) is 1. The van der Waals surface area contributed by atoms with E-state index in [-0.39, 0.29) is 5.91 Å². The monoisotopic (exact) mass is 285 g/mol. The molecule has 0 spiro atoms. The number of amides is 1. The molecule has 1 aromatic heterocycles. The zero-order valence-corrected chi connectivity index (χ0v) is 12.1. The van der Waals surface area contributed by atoms with Gasteiger partial charge in [-0.25, -0.2) is 10.8 Å². The highest BCUT2D eigenvalue weighted by Gasteiger charge is 2.19. The summed E-state index contributed by atoms with van der Waals surface area (Å²) in [5.41, 5.74) is 3.10. The molecule has 1 saturated carbocycles. The van der Waals surface area contributed by atoms with Crippen molar-refractivity contribution in [2.24, 2.45) is 11.8 Å². The summed E-state index contributed by atoms with van der Waals surface area (Å²) in [5, 5.41) is 3.15. The van der Waals surface area contributed by atoms with Crippen molar-refractivity contribution < 1.29 is 4.79 Å². The van der Waals surface area contributed by atoms with Crippen LogP contribution in [0.4, 0.5) is 0 Å². The van der Waals surface area contributed by atoms with Crippen molar-refractivity contribution in [1.82, 2.24) is 10.4 Å². The van der Waals surface area contributed by atoms with E-state index in [4.69, 9.17) is 5.84 Å². The first kappa shape index (κ1) is 13.8. The van der Waals surface area contributed by atoms with E-state index in [0.717, 1.165) is 22.6 Å². The predicted octanol–water partition coefficient (Wildman–Crippen LogP) is 2.56. The number of thiazole rings is 1. The molecule has 1 heterocycles. The smallest absolute Gasteiger partial charge is 0.288 e. The van der Waals surface area contributed by atoms with Gasteiger partial charge in [0.2, 0.25) is 0 Å². The number of carbonyl (C=O) groups excluding carboxylic acids is 1. The van der Waals surface area contributed by atoms with Crippen LogP contribution >= 0.6 is 23.1 Å². The van der Waals surface area contributed by atoms with Crippen molar-refractivity contribution in [3.63, 3.8) is 0 Å². The summed E-state index contributed by atoms with van der Waals surface area (Å²) in [5.74, 6) is 6.52.